The number of nitrogens with zero attached hydrogens (tertiary/aromatic N) is 2. The van der Waals surface area contributed by atoms with Crippen LogP contribution in [0.2, 0.25) is 0 Å². The first-order chi connectivity index (χ1) is 14.5. The molecule has 0 spiro atoms. The van der Waals surface area contributed by atoms with E-state index in [4.69, 9.17) is 4.42 Å². The maximum atomic E-state index is 13.3. The van der Waals surface area contributed by atoms with Gasteiger partial charge in [-0.25, -0.2) is 4.79 Å². The van der Waals surface area contributed by atoms with E-state index in [1.807, 2.05) is 34.4 Å². The number of para-hydroxylation sites is 1. The molecule has 1 unspecified atom stereocenters. The van der Waals surface area contributed by atoms with Crippen LogP contribution in [-0.4, -0.2) is 33.4 Å². The number of hydrogen-bond acceptors (Lipinski definition) is 4. The van der Waals surface area contributed by atoms with Crippen LogP contribution < -0.4 is 5.63 Å². The fourth-order valence-electron chi connectivity index (χ4n) is 4.51. The van der Waals surface area contributed by atoms with Crippen LogP contribution in [0, 0.1) is 6.92 Å². The number of rotatable bonds is 2. The second-order valence-electron chi connectivity index (χ2n) is 7.92. The summed E-state index contributed by atoms with van der Waals surface area (Å²) in [7, 11) is 0. The highest BCUT2D eigenvalue weighted by atomic mass is 16.4. The van der Waals surface area contributed by atoms with Crippen LogP contribution in [0.5, 0.6) is 5.75 Å². The Morgan fingerprint density at radius 3 is 2.80 bits per heavy atom. The van der Waals surface area contributed by atoms with Crippen molar-refractivity contribution in [2.75, 3.05) is 13.1 Å². The van der Waals surface area contributed by atoms with Crippen molar-refractivity contribution >= 4 is 22.5 Å². The van der Waals surface area contributed by atoms with Crippen LogP contribution in [0.3, 0.4) is 0 Å². The molecule has 3 heterocycles. The number of carbonyl (C=O) groups is 1. The van der Waals surface area contributed by atoms with E-state index in [-0.39, 0.29) is 17.6 Å². The monoisotopic (exact) mass is 402 g/mol. The zero-order chi connectivity index (χ0) is 20.8. The smallest absolute Gasteiger partial charge is 0.346 e. The van der Waals surface area contributed by atoms with E-state index >= 15 is 0 Å². The molecular weight excluding hydrogens is 380 g/mol. The van der Waals surface area contributed by atoms with Crippen molar-refractivity contribution in [2.45, 2.75) is 25.7 Å². The fraction of sp³-hybridized carbons (Fsp3) is 0.250. The molecule has 1 atom stereocenters. The minimum Gasteiger partial charge on any atom is -0.508 e. The Morgan fingerprint density at radius 1 is 1.13 bits per heavy atom. The molecule has 0 radical (unpaired) electrons. The highest BCUT2D eigenvalue weighted by Gasteiger charge is 2.27. The van der Waals surface area contributed by atoms with Crippen LogP contribution in [0.1, 0.15) is 40.4 Å². The van der Waals surface area contributed by atoms with Gasteiger partial charge in [0.1, 0.15) is 5.75 Å². The van der Waals surface area contributed by atoms with Gasteiger partial charge in [-0.15, -0.1) is 0 Å². The molecule has 6 nitrogen and oxygen atoms in total. The molecule has 0 aliphatic carbocycles. The van der Waals surface area contributed by atoms with E-state index in [1.165, 1.54) is 0 Å². The molecule has 4 aromatic rings. The fourth-order valence-corrected chi connectivity index (χ4v) is 4.51. The summed E-state index contributed by atoms with van der Waals surface area (Å²) in [6.07, 6.45) is 1.81. The van der Waals surface area contributed by atoms with Gasteiger partial charge in [-0.05, 0) is 55.7 Å². The average molecular weight is 402 g/mol. The highest BCUT2D eigenvalue weighted by molar-refractivity contribution is 5.98. The molecule has 1 aliphatic rings. The number of phenols is 1. The third kappa shape index (κ3) is 2.96. The lowest BCUT2D eigenvalue weighted by atomic mass is 9.89. The maximum Gasteiger partial charge on any atom is 0.346 e. The van der Waals surface area contributed by atoms with Gasteiger partial charge in [-0.3, -0.25) is 9.20 Å². The standard InChI is InChI=1S/C24H22N2O4/c1-15-8-11-22-26(15)20-13-16(9-10-19(20)24(29)30-22)23(28)25-12-4-5-17(14-25)18-6-2-3-7-21(18)27/h2-3,6-11,13,17,27H,4-5,12,14H2,1H3. The maximum absolute atomic E-state index is 13.3. The Kier molecular flexibility index (Phi) is 4.35. The van der Waals surface area contributed by atoms with Crippen LogP contribution >= 0.6 is 0 Å². The van der Waals surface area contributed by atoms with Gasteiger partial charge in [-0.2, -0.15) is 0 Å². The molecule has 152 valence electrons. The molecule has 2 aromatic carbocycles. The Bertz CT molecular complexity index is 1330. The molecule has 6 heteroatoms. The summed E-state index contributed by atoms with van der Waals surface area (Å²) in [6, 6.07) is 16.1. The predicted molar refractivity (Wildman–Crippen MR) is 114 cm³/mol. The van der Waals surface area contributed by atoms with Crippen LogP contribution in [0.15, 0.2) is 63.8 Å². The average Bonchev–Trinajstić information content (AvgIpc) is 3.14. The van der Waals surface area contributed by atoms with Gasteiger partial charge >= 0.3 is 5.63 Å². The normalized spacial score (nSPS) is 17.0. The number of phenolic OH excluding ortho intramolecular Hbond substituents is 1. The highest BCUT2D eigenvalue weighted by Crippen LogP contribution is 2.33. The lowest BCUT2D eigenvalue weighted by Crippen LogP contribution is -2.39. The number of piperidine rings is 1. The summed E-state index contributed by atoms with van der Waals surface area (Å²) in [5.74, 6) is 0.317. The molecule has 2 aromatic heterocycles. The van der Waals surface area contributed by atoms with E-state index < -0.39 is 5.63 Å². The number of amides is 1. The molecule has 1 amide bonds. The Hall–Kier alpha value is -3.54. The van der Waals surface area contributed by atoms with Gasteiger partial charge in [-0.1, -0.05) is 18.2 Å². The molecule has 0 saturated carbocycles. The largest absolute Gasteiger partial charge is 0.508 e. The van der Waals surface area contributed by atoms with E-state index in [1.54, 1.807) is 36.4 Å². The van der Waals surface area contributed by atoms with Crippen molar-refractivity contribution in [3.63, 3.8) is 0 Å². The summed E-state index contributed by atoms with van der Waals surface area (Å²) >= 11 is 0. The molecule has 1 saturated heterocycles. The zero-order valence-electron chi connectivity index (χ0n) is 16.7. The molecule has 0 bridgehead atoms. The van der Waals surface area contributed by atoms with Gasteiger partial charge in [0.05, 0.1) is 10.9 Å². The van der Waals surface area contributed by atoms with Crippen molar-refractivity contribution in [1.29, 1.82) is 0 Å². The number of aromatic hydroxyl groups is 1. The summed E-state index contributed by atoms with van der Waals surface area (Å²) in [4.78, 5) is 27.5. The molecular formula is C24H22N2O4. The van der Waals surface area contributed by atoms with Crippen LogP contribution in [-0.2, 0) is 0 Å². The Morgan fingerprint density at radius 2 is 1.97 bits per heavy atom. The van der Waals surface area contributed by atoms with Gasteiger partial charge in [0.15, 0.2) is 0 Å². The van der Waals surface area contributed by atoms with E-state index in [0.29, 0.717) is 35.3 Å². The van der Waals surface area contributed by atoms with Crippen LogP contribution in [0.4, 0.5) is 0 Å². The summed E-state index contributed by atoms with van der Waals surface area (Å²) in [5.41, 5.74) is 3.08. The predicted octanol–water partition coefficient (Wildman–Crippen LogP) is 4.08. The van der Waals surface area contributed by atoms with E-state index in [0.717, 1.165) is 24.1 Å². The minimum atomic E-state index is -0.410. The summed E-state index contributed by atoms with van der Waals surface area (Å²) < 4.78 is 7.23. The van der Waals surface area contributed by atoms with Crippen molar-refractivity contribution in [2.24, 2.45) is 0 Å². The number of benzene rings is 2. The van der Waals surface area contributed by atoms with Gasteiger partial charge in [0.2, 0.25) is 5.71 Å². The Balaban J connectivity index is 1.51. The SMILES string of the molecule is Cc1ccc2oc(=O)c3ccc(C(=O)N4CCCC(c5ccccc5O)C4)cc3n12. The molecule has 1 N–H and O–H groups in total. The number of fused-ring (bicyclic) bond motifs is 3. The molecule has 1 aliphatic heterocycles. The van der Waals surface area contributed by atoms with Crippen molar-refractivity contribution < 1.29 is 14.3 Å². The third-order valence-corrected chi connectivity index (χ3v) is 6.03. The van der Waals surface area contributed by atoms with E-state index in [2.05, 4.69) is 0 Å². The third-order valence-electron chi connectivity index (χ3n) is 6.03. The van der Waals surface area contributed by atoms with Crippen molar-refractivity contribution in [1.82, 2.24) is 9.30 Å². The van der Waals surface area contributed by atoms with Crippen molar-refractivity contribution in [3.8, 4) is 5.75 Å². The van der Waals surface area contributed by atoms with Crippen LogP contribution in [0.25, 0.3) is 16.6 Å². The molecule has 30 heavy (non-hydrogen) atoms. The number of hydrogen-bond donors (Lipinski definition) is 1. The quantitative estimate of drug-likeness (QED) is 0.548. The lowest BCUT2D eigenvalue weighted by molar-refractivity contribution is 0.0706. The first kappa shape index (κ1) is 18.5. The van der Waals surface area contributed by atoms with Gasteiger partial charge in [0.25, 0.3) is 5.91 Å². The zero-order valence-corrected chi connectivity index (χ0v) is 16.7. The number of carbonyl (C=O) groups excluding carboxylic acids is 1. The Labute approximate surface area is 173 Å². The number of aromatic nitrogens is 1. The van der Waals surface area contributed by atoms with E-state index in [9.17, 15) is 14.7 Å². The van der Waals surface area contributed by atoms with Gasteiger partial charge < -0.3 is 14.4 Å². The molecule has 5 rings (SSSR count). The number of aryl methyl sites for hydroxylation is 1. The van der Waals surface area contributed by atoms with Crippen molar-refractivity contribution in [3.05, 3.63) is 81.8 Å². The van der Waals surface area contributed by atoms with Gasteiger partial charge in [0, 0.05) is 36.3 Å². The second kappa shape index (κ2) is 7.06. The summed E-state index contributed by atoms with van der Waals surface area (Å²) in [5, 5.41) is 10.7. The summed E-state index contributed by atoms with van der Waals surface area (Å²) in [6.45, 7) is 3.17. The topological polar surface area (TPSA) is 75.2 Å². The first-order valence-corrected chi connectivity index (χ1v) is 10.1. The number of likely N-dealkylation sites (tertiary alicyclic amines) is 1. The minimum absolute atomic E-state index is 0.0665. The second-order valence-corrected chi connectivity index (χ2v) is 7.92. The first-order valence-electron chi connectivity index (χ1n) is 10.1. The molecule has 1 fully saturated rings. The lowest BCUT2D eigenvalue weighted by Gasteiger charge is -2.33.